The van der Waals surface area contributed by atoms with E-state index >= 15 is 0 Å². The molecule has 0 amide bonds. The third-order valence-electron chi connectivity index (χ3n) is 2.72. The molecule has 0 saturated heterocycles. The number of aromatic nitrogens is 2. The van der Waals surface area contributed by atoms with E-state index in [1.807, 2.05) is 19.4 Å². The second kappa shape index (κ2) is 6.43. The van der Waals surface area contributed by atoms with Gasteiger partial charge in [0.2, 0.25) is 0 Å². The molecule has 0 aliphatic carbocycles. The molecular weight excluding hydrogens is 200 g/mol. The summed E-state index contributed by atoms with van der Waals surface area (Å²) in [5, 5.41) is 3.06. The number of anilines is 1. The molecular formula is C12H22N4. The van der Waals surface area contributed by atoms with E-state index in [1.165, 1.54) is 6.42 Å². The first-order chi connectivity index (χ1) is 7.67. The maximum atomic E-state index is 4.41. The molecule has 1 aromatic heterocycles. The molecule has 1 aromatic rings. The summed E-state index contributed by atoms with van der Waals surface area (Å²) in [6, 6.07) is 0. The van der Waals surface area contributed by atoms with Gasteiger partial charge in [0, 0.05) is 20.1 Å². The van der Waals surface area contributed by atoms with Crippen molar-refractivity contribution in [2.45, 2.75) is 26.8 Å². The maximum Gasteiger partial charge on any atom is 0.146 e. The van der Waals surface area contributed by atoms with Crippen LogP contribution in [0.15, 0.2) is 12.4 Å². The molecule has 1 rings (SSSR count). The van der Waals surface area contributed by atoms with E-state index in [-0.39, 0.29) is 0 Å². The van der Waals surface area contributed by atoms with Crippen molar-refractivity contribution in [2.75, 3.05) is 25.5 Å². The summed E-state index contributed by atoms with van der Waals surface area (Å²) < 4.78 is 0. The van der Waals surface area contributed by atoms with Crippen molar-refractivity contribution in [2.24, 2.45) is 5.92 Å². The second-order valence-corrected chi connectivity index (χ2v) is 4.29. The molecule has 0 aliphatic rings. The minimum atomic E-state index is 0.684. The van der Waals surface area contributed by atoms with Crippen LogP contribution in [-0.2, 0) is 6.54 Å². The van der Waals surface area contributed by atoms with Gasteiger partial charge in [0.1, 0.15) is 5.82 Å². The lowest BCUT2D eigenvalue weighted by atomic mass is 10.1. The van der Waals surface area contributed by atoms with Gasteiger partial charge in [-0.2, -0.15) is 0 Å². The van der Waals surface area contributed by atoms with Gasteiger partial charge in [0.15, 0.2) is 0 Å². The average molecular weight is 222 g/mol. The Morgan fingerprint density at radius 2 is 2.12 bits per heavy atom. The van der Waals surface area contributed by atoms with E-state index in [1.54, 1.807) is 0 Å². The third kappa shape index (κ3) is 3.77. The van der Waals surface area contributed by atoms with Gasteiger partial charge in [-0.15, -0.1) is 0 Å². The van der Waals surface area contributed by atoms with E-state index in [2.05, 4.69) is 41.1 Å². The van der Waals surface area contributed by atoms with E-state index in [4.69, 9.17) is 0 Å². The topological polar surface area (TPSA) is 41.1 Å². The molecule has 1 N–H and O–H groups in total. The molecule has 1 heterocycles. The Balaban J connectivity index is 2.59. The molecule has 0 saturated carbocycles. The van der Waals surface area contributed by atoms with Gasteiger partial charge in [0.25, 0.3) is 0 Å². The van der Waals surface area contributed by atoms with Gasteiger partial charge in [-0.25, -0.2) is 4.98 Å². The predicted molar refractivity (Wildman–Crippen MR) is 67.5 cm³/mol. The predicted octanol–water partition coefficient (Wildman–Crippen LogP) is 1.68. The van der Waals surface area contributed by atoms with Crippen molar-refractivity contribution in [3.05, 3.63) is 18.1 Å². The van der Waals surface area contributed by atoms with Crippen LogP contribution in [0.4, 0.5) is 5.82 Å². The summed E-state index contributed by atoms with van der Waals surface area (Å²) in [5.41, 5.74) is 0.975. The van der Waals surface area contributed by atoms with Crippen LogP contribution in [-0.4, -0.2) is 30.6 Å². The highest BCUT2D eigenvalue weighted by atomic mass is 15.2. The number of nitrogens with zero attached hydrogens (tertiary/aromatic N) is 3. The van der Waals surface area contributed by atoms with Crippen molar-refractivity contribution in [3.8, 4) is 0 Å². The molecule has 1 unspecified atom stereocenters. The van der Waals surface area contributed by atoms with Crippen LogP contribution in [0.5, 0.6) is 0 Å². The molecule has 0 fully saturated rings. The van der Waals surface area contributed by atoms with Crippen LogP contribution in [0.1, 0.15) is 26.0 Å². The lowest BCUT2D eigenvalue weighted by molar-refractivity contribution is 0.557. The maximum absolute atomic E-state index is 4.41. The van der Waals surface area contributed by atoms with Gasteiger partial charge in [-0.1, -0.05) is 20.3 Å². The van der Waals surface area contributed by atoms with Crippen LogP contribution >= 0.6 is 0 Å². The van der Waals surface area contributed by atoms with E-state index in [0.29, 0.717) is 5.92 Å². The molecule has 0 aliphatic heterocycles. The molecule has 4 heteroatoms. The summed E-state index contributed by atoms with van der Waals surface area (Å²) in [6.45, 7) is 6.25. The van der Waals surface area contributed by atoms with Gasteiger partial charge < -0.3 is 10.2 Å². The number of hydrogen-bond donors (Lipinski definition) is 1. The summed E-state index contributed by atoms with van der Waals surface area (Å²) in [4.78, 5) is 10.9. The SMILES string of the molecule is CCC(C)CN(C)c1cnc(CNC)cn1. The monoisotopic (exact) mass is 222 g/mol. The van der Waals surface area contributed by atoms with E-state index < -0.39 is 0 Å². The fourth-order valence-corrected chi connectivity index (χ4v) is 1.51. The summed E-state index contributed by atoms with van der Waals surface area (Å²) in [6.07, 6.45) is 4.86. The van der Waals surface area contributed by atoms with Crippen molar-refractivity contribution >= 4 is 5.82 Å². The van der Waals surface area contributed by atoms with Crippen LogP contribution in [0, 0.1) is 5.92 Å². The quantitative estimate of drug-likeness (QED) is 0.795. The van der Waals surface area contributed by atoms with Crippen molar-refractivity contribution < 1.29 is 0 Å². The lowest BCUT2D eigenvalue weighted by Crippen LogP contribution is -2.24. The van der Waals surface area contributed by atoms with Crippen LogP contribution in [0.3, 0.4) is 0 Å². The highest BCUT2D eigenvalue weighted by Gasteiger charge is 2.06. The smallest absolute Gasteiger partial charge is 0.146 e. The standard InChI is InChI=1S/C12H22N4/c1-5-10(2)9-16(4)12-8-14-11(6-13-3)7-15-12/h7-8,10,13H,5-6,9H2,1-4H3. The van der Waals surface area contributed by atoms with E-state index in [0.717, 1.165) is 24.6 Å². The Morgan fingerprint density at radius 3 is 2.62 bits per heavy atom. The first-order valence-corrected chi connectivity index (χ1v) is 5.84. The molecule has 0 bridgehead atoms. The van der Waals surface area contributed by atoms with Gasteiger partial charge in [-0.3, -0.25) is 4.98 Å². The largest absolute Gasteiger partial charge is 0.358 e. The third-order valence-corrected chi connectivity index (χ3v) is 2.72. The minimum absolute atomic E-state index is 0.684. The van der Waals surface area contributed by atoms with Crippen LogP contribution < -0.4 is 10.2 Å². The summed E-state index contributed by atoms with van der Waals surface area (Å²) >= 11 is 0. The minimum Gasteiger partial charge on any atom is -0.358 e. The average Bonchev–Trinajstić information content (AvgIpc) is 2.30. The Bertz CT molecular complexity index is 296. The molecule has 0 radical (unpaired) electrons. The molecule has 1 atom stereocenters. The Morgan fingerprint density at radius 1 is 1.38 bits per heavy atom. The zero-order chi connectivity index (χ0) is 12.0. The zero-order valence-corrected chi connectivity index (χ0v) is 10.7. The fraction of sp³-hybridized carbons (Fsp3) is 0.667. The zero-order valence-electron chi connectivity index (χ0n) is 10.7. The molecule has 0 spiro atoms. The highest BCUT2D eigenvalue weighted by Crippen LogP contribution is 2.10. The number of hydrogen-bond acceptors (Lipinski definition) is 4. The fourth-order valence-electron chi connectivity index (χ4n) is 1.51. The van der Waals surface area contributed by atoms with Crippen molar-refractivity contribution in [1.82, 2.24) is 15.3 Å². The van der Waals surface area contributed by atoms with Gasteiger partial charge >= 0.3 is 0 Å². The number of rotatable bonds is 6. The van der Waals surface area contributed by atoms with Crippen molar-refractivity contribution in [1.29, 1.82) is 0 Å². The van der Waals surface area contributed by atoms with E-state index in [9.17, 15) is 0 Å². The van der Waals surface area contributed by atoms with Crippen molar-refractivity contribution in [3.63, 3.8) is 0 Å². The molecule has 16 heavy (non-hydrogen) atoms. The van der Waals surface area contributed by atoms with Gasteiger partial charge in [0.05, 0.1) is 18.1 Å². The van der Waals surface area contributed by atoms with Crippen LogP contribution in [0.2, 0.25) is 0 Å². The summed E-state index contributed by atoms with van der Waals surface area (Å²) in [5.74, 6) is 1.63. The molecule has 4 nitrogen and oxygen atoms in total. The highest BCUT2D eigenvalue weighted by molar-refractivity contribution is 5.34. The number of nitrogens with one attached hydrogen (secondary N) is 1. The lowest BCUT2D eigenvalue weighted by Gasteiger charge is -2.21. The first kappa shape index (κ1) is 12.9. The first-order valence-electron chi connectivity index (χ1n) is 5.84. The molecule has 90 valence electrons. The van der Waals surface area contributed by atoms with Gasteiger partial charge in [-0.05, 0) is 13.0 Å². The summed E-state index contributed by atoms with van der Waals surface area (Å²) in [7, 11) is 3.97. The Hall–Kier alpha value is -1.16. The normalized spacial score (nSPS) is 12.5. The molecule has 0 aromatic carbocycles. The second-order valence-electron chi connectivity index (χ2n) is 4.29. The van der Waals surface area contributed by atoms with Crippen LogP contribution in [0.25, 0.3) is 0 Å². The Kier molecular flexibility index (Phi) is 5.19. The Labute approximate surface area is 98.1 Å².